The quantitative estimate of drug-likeness (QED) is 0.797. The Morgan fingerprint density at radius 2 is 2.19 bits per heavy atom. The van der Waals surface area contributed by atoms with Gasteiger partial charge in [-0.2, -0.15) is 11.3 Å². The number of benzene rings is 1. The van der Waals surface area contributed by atoms with E-state index >= 15 is 0 Å². The number of rotatable bonds is 1. The van der Waals surface area contributed by atoms with E-state index in [1.165, 1.54) is 11.1 Å². The van der Waals surface area contributed by atoms with E-state index in [0.29, 0.717) is 0 Å². The molecule has 0 saturated carbocycles. The Morgan fingerprint density at radius 3 is 2.94 bits per heavy atom. The summed E-state index contributed by atoms with van der Waals surface area (Å²) in [5, 5.41) is 14.9. The third-order valence-corrected chi connectivity index (χ3v) is 4.15. The van der Waals surface area contributed by atoms with Gasteiger partial charge in [-0.15, -0.1) is 0 Å². The molecule has 1 heterocycles. The van der Waals surface area contributed by atoms with Crippen LogP contribution >= 0.6 is 11.3 Å². The molecule has 0 bridgehead atoms. The summed E-state index contributed by atoms with van der Waals surface area (Å²) >= 11 is 1.64. The van der Waals surface area contributed by atoms with E-state index in [0.717, 1.165) is 24.0 Å². The minimum Gasteiger partial charge on any atom is -0.380 e. The molecule has 16 heavy (non-hydrogen) atoms. The summed E-state index contributed by atoms with van der Waals surface area (Å²) in [7, 11) is 0. The Morgan fingerprint density at radius 1 is 1.31 bits per heavy atom. The van der Waals surface area contributed by atoms with Crippen LogP contribution < -0.4 is 0 Å². The van der Waals surface area contributed by atoms with E-state index in [1.807, 2.05) is 11.4 Å². The van der Waals surface area contributed by atoms with Crippen molar-refractivity contribution in [3.63, 3.8) is 0 Å². The van der Waals surface area contributed by atoms with Crippen molar-refractivity contribution in [3.8, 4) is 0 Å². The van der Waals surface area contributed by atoms with Gasteiger partial charge in [0.15, 0.2) is 0 Å². The molecule has 1 nitrogen and oxygen atoms in total. The lowest BCUT2D eigenvalue weighted by Gasteiger charge is -2.23. The van der Waals surface area contributed by atoms with Crippen LogP contribution in [0.4, 0.5) is 0 Å². The van der Waals surface area contributed by atoms with E-state index in [-0.39, 0.29) is 0 Å². The van der Waals surface area contributed by atoms with Crippen LogP contribution in [-0.2, 0) is 12.0 Å². The highest BCUT2D eigenvalue weighted by molar-refractivity contribution is 7.08. The molecule has 1 unspecified atom stereocenters. The first-order valence-corrected chi connectivity index (χ1v) is 6.49. The van der Waals surface area contributed by atoms with Gasteiger partial charge in [0.05, 0.1) is 0 Å². The summed E-state index contributed by atoms with van der Waals surface area (Å²) in [5.74, 6) is 0. The van der Waals surface area contributed by atoms with E-state index in [9.17, 15) is 5.11 Å². The Hall–Kier alpha value is -1.12. The number of hydrogen-bond donors (Lipinski definition) is 1. The fraction of sp³-hybridized carbons (Fsp3) is 0.286. The zero-order chi connectivity index (χ0) is 11.2. The maximum Gasteiger partial charge on any atom is 0.116 e. The molecule has 1 aliphatic rings. The largest absolute Gasteiger partial charge is 0.380 e. The summed E-state index contributed by atoms with van der Waals surface area (Å²) in [5.41, 5.74) is 3.91. The number of fused-ring (bicyclic) bond motifs is 1. The summed E-state index contributed by atoms with van der Waals surface area (Å²) in [4.78, 5) is 0. The molecule has 1 aliphatic carbocycles. The Bertz CT molecular complexity index is 516. The molecule has 0 radical (unpaired) electrons. The molecule has 1 aromatic carbocycles. The van der Waals surface area contributed by atoms with Gasteiger partial charge >= 0.3 is 0 Å². The van der Waals surface area contributed by atoms with Crippen LogP contribution in [0.15, 0.2) is 35.0 Å². The highest BCUT2D eigenvalue weighted by atomic mass is 32.1. The first-order valence-electron chi connectivity index (χ1n) is 5.55. The zero-order valence-corrected chi connectivity index (χ0v) is 10.1. The van der Waals surface area contributed by atoms with Gasteiger partial charge < -0.3 is 5.11 Å². The van der Waals surface area contributed by atoms with Crippen molar-refractivity contribution in [2.24, 2.45) is 0 Å². The molecule has 0 saturated heterocycles. The molecular formula is C14H14OS. The minimum atomic E-state index is -0.749. The SMILES string of the molecule is Cc1ccc2c(c1)C(O)(c1ccsc1)CC2. The number of hydrogen-bond acceptors (Lipinski definition) is 2. The monoisotopic (exact) mass is 230 g/mol. The van der Waals surface area contributed by atoms with Gasteiger partial charge in [0.1, 0.15) is 5.60 Å². The third-order valence-electron chi connectivity index (χ3n) is 3.47. The molecule has 1 atom stereocenters. The normalized spacial score (nSPS) is 23.4. The molecule has 0 amide bonds. The summed E-state index contributed by atoms with van der Waals surface area (Å²) in [6.45, 7) is 2.08. The maximum absolute atomic E-state index is 10.8. The van der Waals surface area contributed by atoms with Gasteiger partial charge in [-0.05, 0) is 53.3 Å². The van der Waals surface area contributed by atoms with E-state index in [2.05, 4.69) is 30.5 Å². The van der Waals surface area contributed by atoms with Crippen molar-refractivity contribution in [1.29, 1.82) is 0 Å². The fourth-order valence-corrected chi connectivity index (χ4v) is 3.27. The van der Waals surface area contributed by atoms with Crippen LogP contribution in [0.5, 0.6) is 0 Å². The van der Waals surface area contributed by atoms with Crippen LogP contribution in [0.2, 0.25) is 0 Å². The summed E-state index contributed by atoms with van der Waals surface area (Å²) in [6.07, 6.45) is 1.78. The standard InChI is InChI=1S/C14H14OS/c1-10-2-3-11-4-6-14(15,13(11)8-10)12-5-7-16-9-12/h2-3,5,7-9,15H,4,6H2,1H3. The smallest absolute Gasteiger partial charge is 0.116 e. The lowest BCUT2D eigenvalue weighted by Crippen LogP contribution is -2.23. The molecule has 0 aliphatic heterocycles. The van der Waals surface area contributed by atoms with Crippen LogP contribution in [-0.4, -0.2) is 5.11 Å². The Balaban J connectivity index is 2.18. The third kappa shape index (κ3) is 1.34. The van der Waals surface area contributed by atoms with Crippen molar-refractivity contribution in [3.05, 3.63) is 57.3 Å². The average molecular weight is 230 g/mol. The molecular weight excluding hydrogens is 216 g/mol. The molecule has 2 heteroatoms. The lowest BCUT2D eigenvalue weighted by atomic mass is 9.89. The van der Waals surface area contributed by atoms with Gasteiger partial charge in [-0.1, -0.05) is 23.8 Å². The zero-order valence-electron chi connectivity index (χ0n) is 9.23. The van der Waals surface area contributed by atoms with Gasteiger partial charge in [0.2, 0.25) is 0 Å². The van der Waals surface area contributed by atoms with Crippen LogP contribution in [0.3, 0.4) is 0 Å². The second kappa shape index (κ2) is 3.44. The van der Waals surface area contributed by atoms with E-state index in [4.69, 9.17) is 0 Å². The van der Waals surface area contributed by atoms with E-state index in [1.54, 1.807) is 11.3 Å². The maximum atomic E-state index is 10.8. The average Bonchev–Trinajstić information content (AvgIpc) is 2.88. The molecule has 2 aromatic rings. The number of aliphatic hydroxyl groups is 1. The lowest BCUT2D eigenvalue weighted by molar-refractivity contribution is 0.0833. The number of aryl methyl sites for hydroxylation is 2. The predicted molar refractivity (Wildman–Crippen MR) is 66.8 cm³/mol. The predicted octanol–water partition coefficient (Wildman–Crippen LogP) is 3.24. The van der Waals surface area contributed by atoms with Crippen molar-refractivity contribution >= 4 is 11.3 Å². The van der Waals surface area contributed by atoms with Gasteiger partial charge in [0, 0.05) is 0 Å². The molecule has 1 aromatic heterocycles. The highest BCUT2D eigenvalue weighted by Gasteiger charge is 2.38. The number of thiophene rings is 1. The van der Waals surface area contributed by atoms with E-state index < -0.39 is 5.60 Å². The first kappa shape index (κ1) is 10.1. The highest BCUT2D eigenvalue weighted by Crippen LogP contribution is 2.42. The van der Waals surface area contributed by atoms with Crippen molar-refractivity contribution in [1.82, 2.24) is 0 Å². The summed E-state index contributed by atoms with van der Waals surface area (Å²) < 4.78 is 0. The topological polar surface area (TPSA) is 20.2 Å². The minimum absolute atomic E-state index is 0.749. The fourth-order valence-electron chi connectivity index (χ4n) is 2.54. The Labute approximate surface area is 99.4 Å². The van der Waals surface area contributed by atoms with Gasteiger partial charge in [-0.3, -0.25) is 0 Å². The van der Waals surface area contributed by atoms with Crippen LogP contribution in [0.25, 0.3) is 0 Å². The van der Waals surface area contributed by atoms with Crippen molar-refractivity contribution in [2.45, 2.75) is 25.4 Å². The van der Waals surface area contributed by atoms with Gasteiger partial charge in [0.25, 0.3) is 0 Å². The second-order valence-corrected chi connectivity index (χ2v) is 5.31. The van der Waals surface area contributed by atoms with Crippen LogP contribution in [0.1, 0.15) is 28.7 Å². The Kier molecular flexibility index (Phi) is 2.16. The van der Waals surface area contributed by atoms with Crippen LogP contribution in [0, 0.1) is 6.92 Å². The molecule has 1 N–H and O–H groups in total. The van der Waals surface area contributed by atoms with Gasteiger partial charge in [-0.25, -0.2) is 0 Å². The summed E-state index contributed by atoms with van der Waals surface area (Å²) in [6, 6.07) is 8.43. The van der Waals surface area contributed by atoms with Crippen molar-refractivity contribution < 1.29 is 5.11 Å². The first-order chi connectivity index (χ1) is 7.70. The molecule has 0 fully saturated rings. The van der Waals surface area contributed by atoms with Crippen molar-refractivity contribution in [2.75, 3.05) is 0 Å². The molecule has 3 rings (SSSR count). The molecule has 82 valence electrons. The second-order valence-electron chi connectivity index (χ2n) is 4.53. The molecule has 0 spiro atoms.